The molecule has 1 heterocycles. The molecule has 2 aromatic rings. The Morgan fingerprint density at radius 2 is 1.93 bits per heavy atom. The third-order valence-corrected chi connectivity index (χ3v) is 6.25. The van der Waals surface area contributed by atoms with E-state index in [9.17, 15) is 13.2 Å². The molecule has 160 valence electrons. The van der Waals surface area contributed by atoms with Crippen molar-refractivity contribution in [3.8, 4) is 0 Å². The summed E-state index contributed by atoms with van der Waals surface area (Å²) in [6.45, 7) is 8.75. The number of amides is 1. The predicted octanol–water partition coefficient (Wildman–Crippen LogP) is 2.32. The Morgan fingerprint density at radius 3 is 2.52 bits per heavy atom. The largest absolute Gasteiger partial charge is 0.354 e. The van der Waals surface area contributed by atoms with Crippen LogP contribution in [0.4, 0.5) is 0 Å². The summed E-state index contributed by atoms with van der Waals surface area (Å²) in [6, 6.07) is 5.68. The number of aromatic amines is 1. The summed E-state index contributed by atoms with van der Waals surface area (Å²) in [6.07, 6.45) is 0.885. The minimum Gasteiger partial charge on any atom is -0.354 e. The summed E-state index contributed by atoms with van der Waals surface area (Å²) in [5.41, 5.74) is 0.963. The Bertz CT molecular complexity index is 978. The molecule has 8 nitrogen and oxygen atoms in total. The number of nitrogens with one attached hydrogen (secondary N) is 3. The highest BCUT2D eigenvalue weighted by molar-refractivity contribution is 7.89. The molecule has 0 saturated heterocycles. The predicted molar refractivity (Wildman–Crippen MR) is 115 cm³/mol. The van der Waals surface area contributed by atoms with E-state index in [-0.39, 0.29) is 16.7 Å². The average Bonchev–Trinajstić information content (AvgIpc) is 3.00. The fourth-order valence-corrected chi connectivity index (χ4v) is 4.43. The molecule has 29 heavy (non-hydrogen) atoms. The van der Waals surface area contributed by atoms with Gasteiger partial charge in [-0.25, -0.2) is 8.42 Å². The maximum atomic E-state index is 12.7. The van der Waals surface area contributed by atoms with E-state index in [1.54, 1.807) is 12.1 Å². The average molecular weight is 440 g/mol. The summed E-state index contributed by atoms with van der Waals surface area (Å²) >= 11 is 5.16. The van der Waals surface area contributed by atoms with Gasteiger partial charge in [0.2, 0.25) is 15.9 Å². The van der Waals surface area contributed by atoms with E-state index in [0.717, 1.165) is 11.4 Å². The Morgan fingerprint density at radius 1 is 1.28 bits per heavy atom. The first-order valence-electron chi connectivity index (χ1n) is 9.64. The van der Waals surface area contributed by atoms with Crippen molar-refractivity contribution in [3.05, 3.63) is 40.4 Å². The van der Waals surface area contributed by atoms with Crippen LogP contribution in [0.2, 0.25) is 0 Å². The molecule has 2 rings (SSSR count). The van der Waals surface area contributed by atoms with Gasteiger partial charge in [-0.2, -0.15) is 9.82 Å². The SMILES string of the molecule is CCn1c(CCNC(=O)C(CC(C)C)NS(=O)(=O)c2ccc(C)cc2)n[nH]c1=S. The number of aromatic nitrogens is 3. The van der Waals surface area contributed by atoms with Crippen molar-refractivity contribution in [2.75, 3.05) is 6.54 Å². The van der Waals surface area contributed by atoms with E-state index < -0.39 is 16.1 Å². The fourth-order valence-electron chi connectivity index (χ4n) is 2.94. The smallest absolute Gasteiger partial charge is 0.241 e. The minimum absolute atomic E-state index is 0.142. The van der Waals surface area contributed by atoms with Crippen molar-refractivity contribution in [1.29, 1.82) is 0 Å². The fraction of sp³-hybridized carbons (Fsp3) is 0.526. The molecule has 0 fully saturated rings. The second-order valence-corrected chi connectivity index (χ2v) is 9.45. The van der Waals surface area contributed by atoms with Gasteiger partial charge in [-0.1, -0.05) is 31.5 Å². The number of rotatable bonds is 10. The molecule has 0 spiro atoms. The Kier molecular flexibility index (Phi) is 8.12. The van der Waals surface area contributed by atoms with Crippen LogP contribution in [-0.2, 0) is 27.8 Å². The second kappa shape index (κ2) is 10.1. The zero-order valence-electron chi connectivity index (χ0n) is 17.2. The topological polar surface area (TPSA) is 109 Å². The molecule has 1 atom stereocenters. The molecule has 3 N–H and O–H groups in total. The van der Waals surface area contributed by atoms with E-state index in [4.69, 9.17) is 12.2 Å². The summed E-state index contributed by atoms with van der Waals surface area (Å²) in [5.74, 6) is 0.535. The normalized spacial score (nSPS) is 12.9. The number of benzene rings is 1. The molecule has 0 radical (unpaired) electrons. The van der Waals surface area contributed by atoms with Crippen molar-refractivity contribution >= 4 is 28.1 Å². The zero-order chi connectivity index (χ0) is 21.6. The van der Waals surface area contributed by atoms with Gasteiger partial charge in [-0.15, -0.1) is 0 Å². The second-order valence-electron chi connectivity index (χ2n) is 7.35. The molecule has 1 aromatic heterocycles. The molecule has 10 heteroatoms. The highest BCUT2D eigenvalue weighted by Crippen LogP contribution is 2.13. The molecule has 1 aromatic carbocycles. The summed E-state index contributed by atoms with van der Waals surface area (Å²) in [4.78, 5) is 12.8. The van der Waals surface area contributed by atoms with E-state index in [2.05, 4.69) is 20.2 Å². The number of carbonyl (C=O) groups excluding carboxylic acids is 1. The molecule has 0 aliphatic rings. The first-order valence-corrected chi connectivity index (χ1v) is 11.5. The first kappa shape index (κ1) is 23.2. The zero-order valence-corrected chi connectivity index (χ0v) is 18.9. The lowest BCUT2D eigenvalue weighted by Gasteiger charge is -2.20. The van der Waals surface area contributed by atoms with Gasteiger partial charge in [0.05, 0.1) is 4.90 Å². The Labute approximate surface area is 177 Å². The number of sulfonamides is 1. The maximum absolute atomic E-state index is 12.7. The van der Waals surface area contributed by atoms with Crippen LogP contribution in [0.1, 0.15) is 38.6 Å². The lowest BCUT2D eigenvalue weighted by Crippen LogP contribution is -2.47. The minimum atomic E-state index is -3.80. The van der Waals surface area contributed by atoms with Crippen molar-refractivity contribution in [1.82, 2.24) is 24.8 Å². The van der Waals surface area contributed by atoms with Gasteiger partial charge < -0.3 is 9.88 Å². The summed E-state index contributed by atoms with van der Waals surface area (Å²) < 4.78 is 30.3. The van der Waals surface area contributed by atoms with E-state index in [1.165, 1.54) is 12.1 Å². The van der Waals surface area contributed by atoms with Crippen LogP contribution >= 0.6 is 12.2 Å². The number of hydrogen-bond acceptors (Lipinski definition) is 5. The highest BCUT2D eigenvalue weighted by atomic mass is 32.2. The number of hydrogen-bond donors (Lipinski definition) is 3. The van der Waals surface area contributed by atoms with Crippen LogP contribution in [0.3, 0.4) is 0 Å². The number of H-pyrrole nitrogens is 1. The standard InChI is InChI=1S/C19H29N5O3S2/c1-5-24-17(21-22-19(24)28)10-11-20-18(25)16(12-13(2)3)23-29(26,27)15-8-6-14(4)7-9-15/h6-9,13,16,23H,5,10-12H2,1-4H3,(H,20,25)(H,22,28). The van der Waals surface area contributed by atoms with E-state index in [0.29, 0.717) is 30.7 Å². The van der Waals surface area contributed by atoms with Gasteiger partial charge in [0.1, 0.15) is 11.9 Å². The molecular formula is C19H29N5O3S2. The van der Waals surface area contributed by atoms with Gasteiger partial charge in [0.15, 0.2) is 4.77 Å². The Balaban J connectivity index is 2.05. The molecular weight excluding hydrogens is 410 g/mol. The summed E-state index contributed by atoms with van der Waals surface area (Å²) in [7, 11) is -3.80. The van der Waals surface area contributed by atoms with Crippen molar-refractivity contribution in [3.63, 3.8) is 0 Å². The monoisotopic (exact) mass is 439 g/mol. The first-order chi connectivity index (χ1) is 13.6. The van der Waals surface area contributed by atoms with Crippen molar-refractivity contribution in [2.45, 2.75) is 58.0 Å². The third-order valence-electron chi connectivity index (χ3n) is 4.45. The Hall–Kier alpha value is -2.04. The molecule has 1 amide bonds. The molecule has 0 saturated carbocycles. The maximum Gasteiger partial charge on any atom is 0.241 e. The van der Waals surface area contributed by atoms with Gasteiger partial charge in [0, 0.05) is 19.5 Å². The molecule has 0 aliphatic heterocycles. The third kappa shape index (κ3) is 6.48. The van der Waals surface area contributed by atoms with Crippen LogP contribution in [0.5, 0.6) is 0 Å². The van der Waals surface area contributed by atoms with Crippen LogP contribution in [0.25, 0.3) is 0 Å². The molecule has 0 bridgehead atoms. The van der Waals surface area contributed by atoms with E-state index in [1.807, 2.05) is 32.3 Å². The van der Waals surface area contributed by atoms with Gasteiger partial charge >= 0.3 is 0 Å². The number of aryl methyl sites for hydroxylation is 1. The van der Waals surface area contributed by atoms with Gasteiger partial charge in [-0.3, -0.25) is 9.89 Å². The quantitative estimate of drug-likeness (QED) is 0.492. The lowest BCUT2D eigenvalue weighted by molar-refractivity contribution is -0.123. The van der Waals surface area contributed by atoms with Gasteiger partial charge in [0.25, 0.3) is 0 Å². The molecule has 0 aliphatic carbocycles. The van der Waals surface area contributed by atoms with Crippen LogP contribution < -0.4 is 10.0 Å². The number of carbonyl (C=O) groups is 1. The highest BCUT2D eigenvalue weighted by Gasteiger charge is 2.26. The van der Waals surface area contributed by atoms with Gasteiger partial charge in [-0.05, 0) is 50.5 Å². The van der Waals surface area contributed by atoms with E-state index >= 15 is 0 Å². The summed E-state index contributed by atoms with van der Waals surface area (Å²) in [5, 5.41) is 9.72. The number of nitrogens with zero attached hydrogens (tertiary/aromatic N) is 2. The lowest BCUT2D eigenvalue weighted by atomic mass is 10.0. The van der Waals surface area contributed by atoms with Crippen LogP contribution in [-0.4, -0.2) is 41.7 Å². The van der Waals surface area contributed by atoms with Crippen LogP contribution in [0.15, 0.2) is 29.2 Å². The van der Waals surface area contributed by atoms with Crippen LogP contribution in [0, 0.1) is 17.6 Å². The van der Waals surface area contributed by atoms with Crippen molar-refractivity contribution in [2.24, 2.45) is 5.92 Å². The van der Waals surface area contributed by atoms with Crippen molar-refractivity contribution < 1.29 is 13.2 Å². The molecule has 1 unspecified atom stereocenters.